The Morgan fingerprint density at radius 3 is 2.34 bits per heavy atom. The number of hydrogen-bond acceptors (Lipinski definition) is 5. The monoisotopic (exact) mass is 391 g/mol. The van der Waals surface area contributed by atoms with Gasteiger partial charge in [0.1, 0.15) is 11.5 Å². The number of ether oxygens (including phenoxy) is 2. The smallest absolute Gasteiger partial charge is 0.251 e. The highest BCUT2D eigenvalue weighted by Gasteiger charge is 2.19. The average molecular weight is 391 g/mol. The zero-order chi connectivity index (χ0) is 20.9. The van der Waals surface area contributed by atoms with Crippen molar-refractivity contribution in [2.75, 3.05) is 7.11 Å². The number of methoxy groups -OCH3 is 1. The van der Waals surface area contributed by atoms with Crippen LogP contribution >= 0.6 is 0 Å². The van der Waals surface area contributed by atoms with Crippen LogP contribution in [0, 0.1) is 0 Å². The van der Waals surface area contributed by atoms with Crippen LogP contribution in [-0.2, 0) is 0 Å². The van der Waals surface area contributed by atoms with Crippen LogP contribution in [0.5, 0.6) is 17.4 Å². The molecule has 0 aliphatic rings. The largest absolute Gasteiger partial charge is 0.497 e. The van der Waals surface area contributed by atoms with E-state index in [1.54, 1.807) is 31.4 Å². The van der Waals surface area contributed by atoms with Gasteiger partial charge in [0, 0.05) is 22.7 Å². The molecule has 0 radical (unpaired) electrons. The Hall–Kier alpha value is -3.41. The number of hydrogen-bond donors (Lipinski definition) is 1. The van der Waals surface area contributed by atoms with Gasteiger partial charge in [-0.3, -0.25) is 4.79 Å². The Morgan fingerprint density at radius 2 is 1.72 bits per heavy atom. The summed E-state index contributed by atoms with van der Waals surface area (Å²) in [5.41, 5.74) is 1.81. The van der Waals surface area contributed by atoms with Gasteiger partial charge in [0.05, 0.1) is 12.8 Å². The molecule has 0 saturated heterocycles. The van der Waals surface area contributed by atoms with Gasteiger partial charge in [-0.25, -0.2) is 0 Å². The van der Waals surface area contributed by atoms with Crippen molar-refractivity contribution in [2.24, 2.45) is 0 Å². The van der Waals surface area contributed by atoms with E-state index in [1.165, 1.54) is 0 Å². The van der Waals surface area contributed by atoms with Crippen LogP contribution < -0.4 is 14.8 Å². The minimum absolute atomic E-state index is 0.105. The number of aromatic nitrogens is 2. The number of carbonyl (C=O) groups excluding carboxylic acids is 1. The van der Waals surface area contributed by atoms with Gasteiger partial charge in [0.2, 0.25) is 5.88 Å². The average Bonchev–Trinajstić information content (AvgIpc) is 2.74. The summed E-state index contributed by atoms with van der Waals surface area (Å²) in [4.78, 5) is 12.5. The normalized spacial score (nSPS) is 11.0. The molecule has 0 bridgehead atoms. The van der Waals surface area contributed by atoms with E-state index in [1.807, 2.05) is 57.2 Å². The fourth-order valence-electron chi connectivity index (χ4n) is 2.58. The summed E-state index contributed by atoms with van der Waals surface area (Å²) < 4.78 is 10.8. The van der Waals surface area contributed by atoms with Gasteiger partial charge in [-0.1, -0.05) is 19.1 Å². The van der Waals surface area contributed by atoms with Gasteiger partial charge in [-0.05, 0) is 62.7 Å². The molecule has 3 rings (SSSR count). The number of benzene rings is 2. The van der Waals surface area contributed by atoms with Crippen molar-refractivity contribution in [2.45, 2.75) is 32.7 Å². The first-order valence-electron chi connectivity index (χ1n) is 9.49. The van der Waals surface area contributed by atoms with Gasteiger partial charge in [0.15, 0.2) is 0 Å². The van der Waals surface area contributed by atoms with E-state index in [4.69, 9.17) is 9.47 Å². The van der Waals surface area contributed by atoms with Crippen LogP contribution in [-0.4, -0.2) is 28.8 Å². The summed E-state index contributed by atoms with van der Waals surface area (Å²) in [6.07, 6.45) is 0.847. The van der Waals surface area contributed by atoms with Crippen molar-refractivity contribution in [1.82, 2.24) is 15.5 Å². The van der Waals surface area contributed by atoms with Gasteiger partial charge < -0.3 is 14.8 Å². The fraction of sp³-hybridized carbons (Fsp3) is 0.261. The van der Waals surface area contributed by atoms with Crippen LogP contribution in [0.4, 0.5) is 0 Å². The number of carbonyl (C=O) groups is 1. The molecule has 0 aliphatic heterocycles. The maximum Gasteiger partial charge on any atom is 0.251 e. The maximum absolute atomic E-state index is 12.5. The van der Waals surface area contributed by atoms with Crippen molar-refractivity contribution < 1.29 is 14.3 Å². The molecule has 150 valence electrons. The van der Waals surface area contributed by atoms with Gasteiger partial charge in [-0.15, -0.1) is 10.2 Å². The lowest BCUT2D eigenvalue weighted by Crippen LogP contribution is -2.42. The van der Waals surface area contributed by atoms with E-state index >= 15 is 0 Å². The van der Waals surface area contributed by atoms with E-state index in [-0.39, 0.29) is 11.4 Å². The van der Waals surface area contributed by atoms with E-state index in [9.17, 15) is 4.79 Å². The highest BCUT2D eigenvalue weighted by Crippen LogP contribution is 2.24. The van der Waals surface area contributed by atoms with Crippen LogP contribution in [0.2, 0.25) is 0 Å². The van der Waals surface area contributed by atoms with Gasteiger partial charge in [-0.2, -0.15) is 0 Å². The van der Waals surface area contributed by atoms with Crippen molar-refractivity contribution in [3.05, 3.63) is 66.2 Å². The number of rotatable bonds is 7. The molecule has 0 fully saturated rings. The van der Waals surface area contributed by atoms with E-state index in [0.29, 0.717) is 22.9 Å². The second kappa shape index (κ2) is 8.73. The van der Waals surface area contributed by atoms with Crippen molar-refractivity contribution in [3.63, 3.8) is 0 Å². The van der Waals surface area contributed by atoms with E-state index in [0.717, 1.165) is 17.7 Å². The molecule has 0 spiro atoms. The summed E-state index contributed by atoms with van der Waals surface area (Å²) in [5, 5.41) is 11.4. The third-order valence-corrected chi connectivity index (χ3v) is 4.68. The molecule has 1 N–H and O–H groups in total. The Morgan fingerprint density at radius 1 is 1.00 bits per heavy atom. The quantitative estimate of drug-likeness (QED) is 0.622. The summed E-state index contributed by atoms with van der Waals surface area (Å²) in [7, 11) is 1.61. The van der Waals surface area contributed by atoms with Crippen molar-refractivity contribution in [3.8, 4) is 28.6 Å². The minimum atomic E-state index is -0.257. The molecule has 0 aliphatic carbocycles. The van der Waals surface area contributed by atoms with Crippen LogP contribution in [0.15, 0.2) is 60.7 Å². The van der Waals surface area contributed by atoms with Gasteiger partial charge >= 0.3 is 0 Å². The Labute approximate surface area is 170 Å². The molecule has 1 heterocycles. The van der Waals surface area contributed by atoms with Crippen LogP contribution in [0.1, 0.15) is 37.6 Å². The summed E-state index contributed by atoms with van der Waals surface area (Å²) in [6.45, 7) is 6.05. The molecule has 0 atom stereocenters. The summed E-state index contributed by atoms with van der Waals surface area (Å²) in [6, 6.07) is 18.1. The Bertz CT molecular complexity index is 967. The zero-order valence-corrected chi connectivity index (χ0v) is 17.1. The van der Waals surface area contributed by atoms with E-state index in [2.05, 4.69) is 15.5 Å². The summed E-state index contributed by atoms with van der Waals surface area (Å²) >= 11 is 0. The lowest BCUT2D eigenvalue weighted by Gasteiger charge is -2.24. The Balaban J connectivity index is 1.73. The number of nitrogens with one attached hydrogen (secondary N) is 1. The molecule has 1 amide bonds. The Kier molecular flexibility index (Phi) is 6.12. The molecule has 3 aromatic rings. The van der Waals surface area contributed by atoms with Crippen molar-refractivity contribution >= 4 is 5.91 Å². The molecule has 6 heteroatoms. The summed E-state index contributed by atoms with van der Waals surface area (Å²) in [5.74, 6) is 1.68. The topological polar surface area (TPSA) is 73.3 Å². The van der Waals surface area contributed by atoms with Gasteiger partial charge in [0.25, 0.3) is 5.91 Å². The third kappa shape index (κ3) is 5.31. The molecular formula is C23H25N3O3. The molecule has 1 aromatic heterocycles. The van der Waals surface area contributed by atoms with E-state index < -0.39 is 0 Å². The third-order valence-electron chi connectivity index (χ3n) is 4.68. The van der Waals surface area contributed by atoms with Crippen molar-refractivity contribution in [1.29, 1.82) is 0 Å². The molecule has 0 unspecified atom stereocenters. The molecule has 2 aromatic carbocycles. The lowest BCUT2D eigenvalue weighted by atomic mass is 10.0. The predicted octanol–water partition coefficient (Wildman–Crippen LogP) is 4.86. The van der Waals surface area contributed by atoms with Crippen LogP contribution in [0.25, 0.3) is 11.3 Å². The zero-order valence-electron chi connectivity index (χ0n) is 17.1. The molecular weight excluding hydrogens is 366 g/mol. The second-order valence-corrected chi connectivity index (χ2v) is 7.31. The van der Waals surface area contributed by atoms with Crippen LogP contribution in [0.3, 0.4) is 0 Å². The molecule has 6 nitrogen and oxygen atoms in total. The number of amides is 1. The maximum atomic E-state index is 12.5. The minimum Gasteiger partial charge on any atom is -0.497 e. The highest BCUT2D eigenvalue weighted by molar-refractivity contribution is 5.95. The predicted molar refractivity (Wildman–Crippen MR) is 112 cm³/mol. The lowest BCUT2D eigenvalue weighted by molar-refractivity contribution is 0.0911. The fourth-order valence-corrected chi connectivity index (χ4v) is 2.58. The SMILES string of the molecule is CCC(C)(C)NC(=O)c1cccc(-c2ccc(Oc3ccc(OC)cc3)nn2)c1. The first-order valence-corrected chi connectivity index (χ1v) is 9.49. The standard InChI is InChI=1S/C23H25N3O3/c1-5-23(2,3)24-22(27)17-8-6-7-16(15-17)20-13-14-21(26-25-20)29-19-11-9-18(28-4)10-12-19/h6-15H,5H2,1-4H3,(H,24,27). The highest BCUT2D eigenvalue weighted by atomic mass is 16.5. The first-order chi connectivity index (χ1) is 13.9. The first kappa shape index (κ1) is 20.3. The second-order valence-electron chi connectivity index (χ2n) is 7.31. The molecule has 29 heavy (non-hydrogen) atoms. The number of nitrogens with zero attached hydrogens (tertiary/aromatic N) is 2. The molecule has 0 saturated carbocycles.